The summed E-state index contributed by atoms with van der Waals surface area (Å²) in [7, 11) is 1.99. The van der Waals surface area contributed by atoms with Crippen LogP contribution in [-0.2, 0) is 0 Å². The molecule has 1 heteroatoms. The van der Waals surface area contributed by atoms with Crippen LogP contribution in [-0.4, -0.2) is 11.9 Å². The molecule has 0 N–H and O–H groups in total. The van der Waals surface area contributed by atoms with Gasteiger partial charge in [0.15, 0.2) is 0 Å². The molecule has 1 aliphatic carbocycles. The Morgan fingerprint density at radius 3 is 2.19 bits per heavy atom. The van der Waals surface area contributed by atoms with Crippen molar-refractivity contribution in [1.82, 2.24) is 4.90 Å². The molecule has 0 bridgehead atoms. The zero-order valence-electron chi connectivity index (χ0n) is 10.9. The Morgan fingerprint density at radius 2 is 1.81 bits per heavy atom. The van der Waals surface area contributed by atoms with Crippen LogP contribution in [0.25, 0.3) is 0 Å². The summed E-state index contributed by atoms with van der Waals surface area (Å²) in [5.41, 5.74) is 6.90. The summed E-state index contributed by atoms with van der Waals surface area (Å²) in [6.45, 7) is 18.3. The van der Waals surface area contributed by atoms with Gasteiger partial charge < -0.3 is 4.90 Å². The number of hydrogen-bond donors (Lipinski definition) is 0. The van der Waals surface area contributed by atoms with E-state index in [0.717, 1.165) is 23.4 Å². The molecular weight excluding hydrogens is 194 g/mol. The van der Waals surface area contributed by atoms with Gasteiger partial charge in [0.05, 0.1) is 0 Å². The Morgan fingerprint density at radius 1 is 1.25 bits per heavy atom. The molecule has 0 atom stereocenters. The van der Waals surface area contributed by atoms with Crippen molar-refractivity contribution in [2.24, 2.45) is 0 Å². The van der Waals surface area contributed by atoms with Crippen LogP contribution >= 0.6 is 0 Å². The van der Waals surface area contributed by atoms with Gasteiger partial charge in [0.25, 0.3) is 0 Å². The minimum Gasteiger partial charge on any atom is -0.345 e. The van der Waals surface area contributed by atoms with E-state index in [1.165, 1.54) is 16.7 Å². The van der Waals surface area contributed by atoms with Crippen LogP contribution in [0.4, 0.5) is 0 Å². The molecule has 0 heterocycles. The highest BCUT2D eigenvalue weighted by Crippen LogP contribution is 2.31. The van der Waals surface area contributed by atoms with Crippen LogP contribution in [0.1, 0.15) is 27.2 Å². The maximum absolute atomic E-state index is 4.15. The van der Waals surface area contributed by atoms with E-state index in [9.17, 15) is 0 Å². The van der Waals surface area contributed by atoms with E-state index in [-0.39, 0.29) is 0 Å². The third kappa shape index (κ3) is 2.35. The molecular formula is C15H21N. The number of nitrogens with zero attached hydrogens (tertiary/aromatic N) is 1. The number of allylic oxidation sites excluding steroid dienone is 4. The Hall–Kier alpha value is -1.50. The summed E-state index contributed by atoms with van der Waals surface area (Å²) in [5, 5.41) is 0. The van der Waals surface area contributed by atoms with Gasteiger partial charge in [-0.2, -0.15) is 0 Å². The average Bonchev–Trinajstić information content (AvgIpc) is 2.54. The van der Waals surface area contributed by atoms with Gasteiger partial charge in [-0.3, -0.25) is 0 Å². The summed E-state index contributed by atoms with van der Waals surface area (Å²) in [5.74, 6) is 0. The molecule has 16 heavy (non-hydrogen) atoms. The van der Waals surface area contributed by atoms with Crippen molar-refractivity contribution in [2.45, 2.75) is 27.2 Å². The van der Waals surface area contributed by atoms with Crippen molar-refractivity contribution in [3.05, 3.63) is 59.5 Å². The fourth-order valence-corrected chi connectivity index (χ4v) is 1.89. The summed E-state index contributed by atoms with van der Waals surface area (Å²) < 4.78 is 0. The van der Waals surface area contributed by atoms with E-state index in [2.05, 4.69) is 39.7 Å². The smallest absolute Gasteiger partial charge is 0.0408 e. The molecule has 1 aliphatic rings. The SMILES string of the molecule is C=C(C)C(=C)N(C)C(=C)C1=C(C)CC(C)=C1. The van der Waals surface area contributed by atoms with E-state index in [1.54, 1.807) is 0 Å². The summed E-state index contributed by atoms with van der Waals surface area (Å²) in [4.78, 5) is 2.01. The molecule has 0 radical (unpaired) electrons. The van der Waals surface area contributed by atoms with Crippen molar-refractivity contribution in [1.29, 1.82) is 0 Å². The highest BCUT2D eigenvalue weighted by Gasteiger charge is 2.16. The van der Waals surface area contributed by atoms with Crippen LogP contribution in [0, 0.1) is 0 Å². The van der Waals surface area contributed by atoms with Crippen molar-refractivity contribution in [2.75, 3.05) is 7.05 Å². The lowest BCUT2D eigenvalue weighted by molar-refractivity contribution is 0.544. The minimum atomic E-state index is 0.920. The predicted octanol–water partition coefficient (Wildman–Crippen LogP) is 4.19. The highest BCUT2D eigenvalue weighted by atomic mass is 15.1. The lowest BCUT2D eigenvalue weighted by Gasteiger charge is -2.25. The lowest BCUT2D eigenvalue weighted by atomic mass is 10.1. The normalized spacial score (nSPS) is 14.9. The first-order valence-electron chi connectivity index (χ1n) is 5.49. The monoisotopic (exact) mass is 215 g/mol. The first kappa shape index (κ1) is 12.6. The molecule has 0 spiro atoms. The predicted molar refractivity (Wildman–Crippen MR) is 71.9 cm³/mol. The molecule has 0 aromatic rings. The molecule has 0 fully saturated rings. The van der Waals surface area contributed by atoms with Gasteiger partial charge in [0.1, 0.15) is 0 Å². The van der Waals surface area contributed by atoms with Crippen LogP contribution in [0.15, 0.2) is 59.5 Å². The Bertz CT molecular complexity index is 419. The van der Waals surface area contributed by atoms with E-state index in [0.29, 0.717) is 0 Å². The number of rotatable bonds is 4. The zero-order chi connectivity index (χ0) is 12.5. The molecule has 0 aromatic carbocycles. The lowest BCUT2D eigenvalue weighted by Crippen LogP contribution is -2.17. The van der Waals surface area contributed by atoms with Crippen molar-refractivity contribution < 1.29 is 0 Å². The topological polar surface area (TPSA) is 3.24 Å². The summed E-state index contributed by atoms with van der Waals surface area (Å²) >= 11 is 0. The Labute approximate surface area is 99.2 Å². The number of likely N-dealkylation sites (N-methyl/N-ethyl adjacent to an activating group) is 1. The molecule has 1 rings (SSSR count). The van der Waals surface area contributed by atoms with Gasteiger partial charge in [-0.1, -0.05) is 37.0 Å². The quantitative estimate of drug-likeness (QED) is 0.636. The summed E-state index contributed by atoms with van der Waals surface area (Å²) in [6.07, 6.45) is 3.27. The van der Waals surface area contributed by atoms with E-state index in [1.807, 2.05) is 18.9 Å². The maximum Gasteiger partial charge on any atom is 0.0408 e. The Balaban J connectivity index is 2.92. The van der Waals surface area contributed by atoms with Gasteiger partial charge >= 0.3 is 0 Å². The Kier molecular flexibility index (Phi) is 3.58. The van der Waals surface area contributed by atoms with Crippen LogP contribution in [0.2, 0.25) is 0 Å². The van der Waals surface area contributed by atoms with E-state index in [4.69, 9.17) is 0 Å². The van der Waals surface area contributed by atoms with Crippen molar-refractivity contribution in [3.63, 3.8) is 0 Å². The molecule has 0 unspecified atom stereocenters. The standard InChI is InChI=1S/C15H21N/c1-10(2)13(5)16(7)14(6)15-9-11(3)8-12(15)4/h9H,1,5-6,8H2,2-4,7H3. The highest BCUT2D eigenvalue weighted by molar-refractivity contribution is 5.49. The van der Waals surface area contributed by atoms with Gasteiger partial charge in [0, 0.05) is 18.4 Å². The second-order valence-corrected chi connectivity index (χ2v) is 4.59. The fourth-order valence-electron chi connectivity index (χ4n) is 1.89. The van der Waals surface area contributed by atoms with Crippen LogP contribution in [0.3, 0.4) is 0 Å². The minimum absolute atomic E-state index is 0.920. The van der Waals surface area contributed by atoms with Gasteiger partial charge in [0.2, 0.25) is 0 Å². The van der Waals surface area contributed by atoms with Crippen LogP contribution in [0.5, 0.6) is 0 Å². The third-order valence-electron chi connectivity index (χ3n) is 3.01. The maximum atomic E-state index is 4.15. The molecule has 0 aliphatic heterocycles. The van der Waals surface area contributed by atoms with E-state index < -0.39 is 0 Å². The second kappa shape index (κ2) is 4.56. The van der Waals surface area contributed by atoms with Crippen LogP contribution < -0.4 is 0 Å². The largest absolute Gasteiger partial charge is 0.345 e. The number of hydrogen-bond acceptors (Lipinski definition) is 1. The van der Waals surface area contributed by atoms with Gasteiger partial charge in [-0.05, 0) is 38.3 Å². The second-order valence-electron chi connectivity index (χ2n) is 4.59. The zero-order valence-corrected chi connectivity index (χ0v) is 10.9. The first-order chi connectivity index (χ1) is 7.34. The molecule has 0 saturated heterocycles. The van der Waals surface area contributed by atoms with Crippen molar-refractivity contribution in [3.8, 4) is 0 Å². The fraction of sp³-hybridized carbons (Fsp3) is 0.333. The van der Waals surface area contributed by atoms with Gasteiger partial charge in [-0.15, -0.1) is 0 Å². The molecule has 1 nitrogen and oxygen atoms in total. The van der Waals surface area contributed by atoms with Gasteiger partial charge in [-0.25, -0.2) is 0 Å². The molecule has 0 aromatic heterocycles. The molecule has 86 valence electrons. The third-order valence-corrected chi connectivity index (χ3v) is 3.01. The molecule has 0 amide bonds. The molecule has 0 saturated carbocycles. The van der Waals surface area contributed by atoms with Crippen molar-refractivity contribution >= 4 is 0 Å². The van der Waals surface area contributed by atoms with E-state index >= 15 is 0 Å². The average molecular weight is 215 g/mol. The first-order valence-corrected chi connectivity index (χ1v) is 5.49. The summed E-state index contributed by atoms with van der Waals surface area (Å²) in [6, 6.07) is 0.